The van der Waals surface area contributed by atoms with Crippen LogP contribution in [0.1, 0.15) is 17.5 Å². The molecule has 26 heavy (non-hydrogen) atoms. The number of carbonyl (C=O) groups excluding carboxylic acids is 1. The van der Waals surface area contributed by atoms with Crippen molar-refractivity contribution in [3.63, 3.8) is 0 Å². The smallest absolute Gasteiger partial charge is 0.324 e. The Bertz CT molecular complexity index is 780. The Kier molecular flexibility index (Phi) is 6.77. The lowest BCUT2D eigenvalue weighted by Gasteiger charge is -2.19. The van der Waals surface area contributed by atoms with E-state index in [0.29, 0.717) is 4.47 Å². The highest BCUT2D eigenvalue weighted by atomic mass is 79.9. The zero-order valence-electron chi connectivity index (χ0n) is 13.9. The number of nitrogens with zero attached hydrogens (tertiary/aromatic N) is 1. The van der Waals surface area contributed by atoms with Crippen molar-refractivity contribution in [2.45, 2.75) is 19.1 Å². The fourth-order valence-electron chi connectivity index (χ4n) is 2.40. The fraction of sp³-hybridized carbons (Fsp3) is 0.278. The molecule has 0 saturated carbocycles. The van der Waals surface area contributed by atoms with E-state index < -0.39 is 23.5 Å². The van der Waals surface area contributed by atoms with Gasteiger partial charge in [0.2, 0.25) is 5.91 Å². The second kappa shape index (κ2) is 8.64. The molecule has 0 aliphatic carbocycles. The second-order valence-corrected chi connectivity index (χ2v) is 6.73. The molecule has 2 aromatic rings. The largest absolute Gasteiger partial charge is 0.416 e. The minimum Gasteiger partial charge on any atom is -0.324 e. The molecular formula is C18H17BrF4N2O. The van der Waals surface area contributed by atoms with Crippen LogP contribution in [-0.4, -0.2) is 24.4 Å². The Morgan fingerprint density at radius 3 is 2.54 bits per heavy atom. The predicted octanol–water partition coefficient (Wildman–Crippen LogP) is 5.07. The molecule has 0 saturated heterocycles. The van der Waals surface area contributed by atoms with Gasteiger partial charge in [-0.1, -0.05) is 34.1 Å². The van der Waals surface area contributed by atoms with Gasteiger partial charge in [0, 0.05) is 24.0 Å². The summed E-state index contributed by atoms with van der Waals surface area (Å²) in [5.74, 6) is -0.984. The van der Waals surface area contributed by atoms with E-state index in [1.54, 1.807) is 24.1 Å². The van der Waals surface area contributed by atoms with Crippen LogP contribution < -0.4 is 5.32 Å². The SMILES string of the molecule is CN(CCC(=O)Nc1ccc(Br)cc1F)Cc1ccccc1C(F)(F)F. The van der Waals surface area contributed by atoms with E-state index in [2.05, 4.69) is 21.2 Å². The number of hydrogen-bond acceptors (Lipinski definition) is 2. The van der Waals surface area contributed by atoms with Crippen molar-refractivity contribution >= 4 is 27.5 Å². The lowest BCUT2D eigenvalue weighted by molar-refractivity contribution is -0.138. The molecule has 8 heteroatoms. The molecule has 140 valence electrons. The summed E-state index contributed by atoms with van der Waals surface area (Å²) in [6.45, 7) is 0.284. The molecule has 1 N–H and O–H groups in total. The lowest BCUT2D eigenvalue weighted by Crippen LogP contribution is -2.25. The van der Waals surface area contributed by atoms with Gasteiger partial charge in [0.25, 0.3) is 0 Å². The van der Waals surface area contributed by atoms with Crippen LogP contribution in [0, 0.1) is 5.82 Å². The summed E-state index contributed by atoms with van der Waals surface area (Å²) in [6.07, 6.45) is -4.39. The lowest BCUT2D eigenvalue weighted by atomic mass is 10.1. The van der Waals surface area contributed by atoms with E-state index in [4.69, 9.17) is 0 Å². The Balaban J connectivity index is 1.91. The number of hydrogen-bond donors (Lipinski definition) is 1. The third kappa shape index (κ3) is 5.81. The Morgan fingerprint density at radius 2 is 1.88 bits per heavy atom. The van der Waals surface area contributed by atoms with Crippen LogP contribution in [-0.2, 0) is 17.5 Å². The first-order valence-corrected chi connectivity index (χ1v) is 8.54. The Morgan fingerprint density at radius 1 is 1.19 bits per heavy atom. The predicted molar refractivity (Wildman–Crippen MR) is 95.1 cm³/mol. The summed E-state index contributed by atoms with van der Waals surface area (Å²) >= 11 is 3.12. The first-order chi connectivity index (χ1) is 12.2. The van der Waals surface area contributed by atoms with Crippen molar-refractivity contribution in [1.29, 1.82) is 0 Å². The topological polar surface area (TPSA) is 32.3 Å². The average Bonchev–Trinajstić information content (AvgIpc) is 2.55. The van der Waals surface area contributed by atoms with Crippen LogP contribution in [0.25, 0.3) is 0 Å². The van der Waals surface area contributed by atoms with Gasteiger partial charge in [-0.05, 0) is 36.9 Å². The number of nitrogens with one attached hydrogen (secondary N) is 1. The molecule has 1 amide bonds. The number of rotatable bonds is 6. The monoisotopic (exact) mass is 432 g/mol. The standard InChI is InChI=1S/C18H17BrF4N2O/c1-25(11-12-4-2-3-5-14(12)18(21,22)23)9-8-17(26)24-16-7-6-13(19)10-15(16)20/h2-7,10H,8-9,11H2,1H3,(H,24,26). The van der Waals surface area contributed by atoms with Crippen LogP contribution in [0.2, 0.25) is 0 Å². The van der Waals surface area contributed by atoms with Crippen LogP contribution in [0.5, 0.6) is 0 Å². The minimum absolute atomic E-state index is 0.0280. The molecule has 0 spiro atoms. The normalized spacial score (nSPS) is 11.7. The van der Waals surface area contributed by atoms with Crippen molar-refractivity contribution in [2.24, 2.45) is 0 Å². The second-order valence-electron chi connectivity index (χ2n) is 5.82. The van der Waals surface area contributed by atoms with Crippen LogP contribution in [0.4, 0.5) is 23.2 Å². The highest BCUT2D eigenvalue weighted by molar-refractivity contribution is 9.10. The van der Waals surface area contributed by atoms with Crippen LogP contribution in [0.15, 0.2) is 46.9 Å². The van der Waals surface area contributed by atoms with E-state index in [-0.39, 0.29) is 30.8 Å². The van der Waals surface area contributed by atoms with E-state index in [1.807, 2.05) is 0 Å². The Labute approximate surface area is 157 Å². The molecule has 0 heterocycles. The summed E-state index contributed by atoms with van der Waals surface area (Å²) < 4.78 is 53.2. The van der Waals surface area contributed by atoms with E-state index in [9.17, 15) is 22.4 Å². The van der Waals surface area contributed by atoms with Crippen molar-refractivity contribution in [3.8, 4) is 0 Å². The fourth-order valence-corrected chi connectivity index (χ4v) is 2.73. The highest BCUT2D eigenvalue weighted by Gasteiger charge is 2.32. The summed E-state index contributed by atoms with van der Waals surface area (Å²) in [6, 6.07) is 9.59. The van der Waals surface area contributed by atoms with Crippen LogP contribution >= 0.6 is 15.9 Å². The molecule has 0 atom stereocenters. The van der Waals surface area contributed by atoms with Gasteiger partial charge in [-0.15, -0.1) is 0 Å². The average molecular weight is 433 g/mol. The highest BCUT2D eigenvalue weighted by Crippen LogP contribution is 2.32. The van der Waals surface area contributed by atoms with Crippen molar-refractivity contribution in [3.05, 3.63) is 63.9 Å². The number of benzene rings is 2. The van der Waals surface area contributed by atoms with Gasteiger partial charge < -0.3 is 10.2 Å². The van der Waals surface area contributed by atoms with Gasteiger partial charge in [-0.2, -0.15) is 13.2 Å². The number of alkyl halides is 3. The summed E-state index contributed by atoms with van der Waals surface area (Å²) in [5, 5.41) is 2.45. The quantitative estimate of drug-likeness (QED) is 0.646. The van der Waals surface area contributed by atoms with Gasteiger partial charge in [-0.3, -0.25) is 4.79 Å². The molecule has 0 aliphatic rings. The maximum atomic E-state index is 13.7. The number of halogens is 5. The third-order valence-electron chi connectivity index (χ3n) is 3.69. The number of carbonyl (C=O) groups is 1. The van der Waals surface area contributed by atoms with Crippen LogP contribution in [0.3, 0.4) is 0 Å². The molecular weight excluding hydrogens is 416 g/mol. The maximum Gasteiger partial charge on any atom is 0.416 e. The molecule has 0 aromatic heterocycles. The first-order valence-electron chi connectivity index (χ1n) is 7.75. The molecule has 2 aromatic carbocycles. The van der Waals surface area contributed by atoms with E-state index in [0.717, 1.165) is 6.07 Å². The zero-order chi connectivity index (χ0) is 19.3. The molecule has 0 fully saturated rings. The zero-order valence-corrected chi connectivity index (χ0v) is 15.5. The summed E-state index contributed by atoms with van der Waals surface area (Å²) in [5.41, 5.74) is -0.488. The van der Waals surface area contributed by atoms with Gasteiger partial charge in [0.05, 0.1) is 11.3 Å². The first kappa shape index (κ1) is 20.4. The number of amides is 1. The molecule has 0 radical (unpaired) electrons. The molecule has 0 aliphatic heterocycles. The third-order valence-corrected chi connectivity index (χ3v) is 4.18. The van der Waals surface area contributed by atoms with Gasteiger partial charge in [0.15, 0.2) is 0 Å². The summed E-state index contributed by atoms with van der Waals surface area (Å²) in [7, 11) is 1.63. The molecule has 2 rings (SSSR count). The van der Waals surface area contributed by atoms with Gasteiger partial charge in [0.1, 0.15) is 5.82 Å². The van der Waals surface area contributed by atoms with Crippen molar-refractivity contribution in [1.82, 2.24) is 4.90 Å². The summed E-state index contributed by atoms with van der Waals surface area (Å²) in [4.78, 5) is 13.5. The van der Waals surface area contributed by atoms with Gasteiger partial charge >= 0.3 is 6.18 Å². The van der Waals surface area contributed by atoms with E-state index in [1.165, 1.54) is 24.3 Å². The maximum absolute atomic E-state index is 13.7. The Hall–Kier alpha value is -1.93. The molecule has 0 bridgehead atoms. The molecule has 3 nitrogen and oxygen atoms in total. The molecule has 0 unspecified atom stereocenters. The van der Waals surface area contributed by atoms with Gasteiger partial charge in [-0.25, -0.2) is 4.39 Å². The van der Waals surface area contributed by atoms with Crippen molar-refractivity contribution < 1.29 is 22.4 Å². The minimum atomic E-state index is -4.42. The van der Waals surface area contributed by atoms with E-state index >= 15 is 0 Å². The number of anilines is 1. The van der Waals surface area contributed by atoms with Crippen molar-refractivity contribution in [2.75, 3.05) is 18.9 Å².